The van der Waals surface area contributed by atoms with Crippen LogP contribution in [0.2, 0.25) is 0 Å². The van der Waals surface area contributed by atoms with Gasteiger partial charge in [-0.25, -0.2) is 0 Å². The molecule has 0 saturated carbocycles. The molecule has 0 aliphatic rings. The van der Waals surface area contributed by atoms with E-state index in [-0.39, 0.29) is 5.43 Å². The van der Waals surface area contributed by atoms with Gasteiger partial charge < -0.3 is 4.42 Å². The molecule has 2 heteroatoms. The van der Waals surface area contributed by atoms with E-state index in [0.29, 0.717) is 16.9 Å². The molecule has 1 heterocycles. The predicted octanol–water partition coefficient (Wildman–Crippen LogP) is 3.31. The number of fused-ring (bicyclic) bond motifs is 1. The summed E-state index contributed by atoms with van der Waals surface area (Å²) in [6, 6.07) is 7.27. The molecular formula is C13H14O2. The summed E-state index contributed by atoms with van der Waals surface area (Å²) in [4.78, 5) is 11.5. The zero-order chi connectivity index (χ0) is 10.8. The molecule has 15 heavy (non-hydrogen) atoms. The summed E-state index contributed by atoms with van der Waals surface area (Å²) in [7, 11) is 0. The lowest BCUT2D eigenvalue weighted by Crippen LogP contribution is -1.99. The van der Waals surface area contributed by atoms with Gasteiger partial charge in [-0.15, -0.1) is 0 Å². The Kier molecular flexibility index (Phi) is 2.58. The summed E-state index contributed by atoms with van der Waals surface area (Å²) in [6.45, 7) is 4.32. The van der Waals surface area contributed by atoms with Crippen LogP contribution in [0.15, 0.2) is 39.7 Å². The van der Waals surface area contributed by atoms with Crippen molar-refractivity contribution in [3.05, 3.63) is 46.3 Å². The van der Waals surface area contributed by atoms with E-state index in [1.807, 2.05) is 18.2 Å². The lowest BCUT2D eigenvalue weighted by molar-refractivity contribution is 0.600. The Balaban J connectivity index is 2.62. The molecule has 2 aromatic rings. The van der Waals surface area contributed by atoms with Gasteiger partial charge in [-0.1, -0.05) is 19.9 Å². The lowest BCUT2D eigenvalue weighted by atomic mass is 9.98. The summed E-state index contributed by atoms with van der Waals surface area (Å²) >= 11 is 0. The van der Waals surface area contributed by atoms with Gasteiger partial charge in [-0.3, -0.25) is 4.79 Å². The first-order valence-corrected chi connectivity index (χ1v) is 5.24. The SMILES string of the molecule is CCC(C)c1ccc2c(=O)ccoc2c1. The smallest absolute Gasteiger partial charge is 0.192 e. The highest BCUT2D eigenvalue weighted by Gasteiger charge is 2.05. The van der Waals surface area contributed by atoms with Crippen LogP contribution >= 0.6 is 0 Å². The van der Waals surface area contributed by atoms with Crippen LogP contribution in [0.3, 0.4) is 0 Å². The highest BCUT2D eigenvalue weighted by atomic mass is 16.3. The van der Waals surface area contributed by atoms with Crippen LogP contribution in [-0.2, 0) is 0 Å². The molecule has 0 amide bonds. The number of benzene rings is 1. The van der Waals surface area contributed by atoms with Gasteiger partial charge in [-0.05, 0) is 30.0 Å². The zero-order valence-electron chi connectivity index (χ0n) is 8.99. The summed E-state index contributed by atoms with van der Waals surface area (Å²) in [5.74, 6) is 0.500. The Bertz CT molecular complexity index is 525. The zero-order valence-corrected chi connectivity index (χ0v) is 8.99. The molecule has 0 saturated heterocycles. The highest BCUT2D eigenvalue weighted by molar-refractivity contribution is 5.76. The summed E-state index contributed by atoms with van der Waals surface area (Å²) in [5, 5.41) is 0.657. The number of rotatable bonds is 2. The molecule has 2 nitrogen and oxygen atoms in total. The van der Waals surface area contributed by atoms with Crippen LogP contribution in [-0.4, -0.2) is 0 Å². The molecule has 1 aromatic carbocycles. The van der Waals surface area contributed by atoms with Crippen molar-refractivity contribution in [1.29, 1.82) is 0 Å². The average Bonchev–Trinajstić information content (AvgIpc) is 2.28. The monoisotopic (exact) mass is 202 g/mol. The maximum Gasteiger partial charge on any atom is 0.192 e. The second kappa shape index (κ2) is 3.89. The van der Waals surface area contributed by atoms with E-state index >= 15 is 0 Å². The molecule has 0 bridgehead atoms. The molecule has 1 unspecified atom stereocenters. The molecular weight excluding hydrogens is 188 g/mol. The average molecular weight is 202 g/mol. The minimum Gasteiger partial charge on any atom is -0.464 e. The largest absolute Gasteiger partial charge is 0.464 e. The Morgan fingerprint density at radius 1 is 1.33 bits per heavy atom. The first-order valence-electron chi connectivity index (χ1n) is 5.24. The van der Waals surface area contributed by atoms with Gasteiger partial charge in [0.1, 0.15) is 5.58 Å². The fourth-order valence-corrected chi connectivity index (χ4v) is 1.64. The molecule has 78 valence electrons. The van der Waals surface area contributed by atoms with Gasteiger partial charge in [0.05, 0.1) is 11.6 Å². The third kappa shape index (κ3) is 1.80. The molecule has 0 radical (unpaired) electrons. The van der Waals surface area contributed by atoms with Gasteiger partial charge in [0.2, 0.25) is 0 Å². The standard InChI is InChI=1S/C13H14O2/c1-3-9(2)10-4-5-11-12(14)6-7-15-13(11)8-10/h4-9H,3H2,1-2H3. The molecule has 0 spiro atoms. The summed E-state index contributed by atoms with van der Waals surface area (Å²) in [6.07, 6.45) is 2.54. The third-order valence-corrected chi connectivity index (χ3v) is 2.87. The van der Waals surface area contributed by atoms with E-state index in [0.717, 1.165) is 6.42 Å². The van der Waals surface area contributed by atoms with Crippen LogP contribution in [0.1, 0.15) is 31.7 Å². The molecule has 1 aromatic heterocycles. The maximum absolute atomic E-state index is 11.5. The van der Waals surface area contributed by atoms with Gasteiger partial charge in [0.25, 0.3) is 0 Å². The Morgan fingerprint density at radius 2 is 2.13 bits per heavy atom. The van der Waals surface area contributed by atoms with Gasteiger partial charge in [-0.2, -0.15) is 0 Å². The van der Waals surface area contributed by atoms with Gasteiger partial charge in [0.15, 0.2) is 5.43 Å². The van der Waals surface area contributed by atoms with Crippen LogP contribution in [0.5, 0.6) is 0 Å². The fourth-order valence-electron chi connectivity index (χ4n) is 1.64. The van der Waals surface area contributed by atoms with Crippen molar-refractivity contribution in [1.82, 2.24) is 0 Å². The van der Waals surface area contributed by atoms with E-state index in [2.05, 4.69) is 13.8 Å². The molecule has 0 fully saturated rings. The first kappa shape index (κ1) is 9.97. The normalized spacial score (nSPS) is 12.9. The molecule has 1 atom stereocenters. The van der Waals surface area contributed by atoms with Gasteiger partial charge in [0, 0.05) is 6.07 Å². The minimum absolute atomic E-state index is 0.0203. The topological polar surface area (TPSA) is 30.2 Å². The molecule has 0 N–H and O–H groups in total. The Labute approximate surface area is 88.5 Å². The second-order valence-electron chi connectivity index (χ2n) is 3.85. The quantitative estimate of drug-likeness (QED) is 0.747. The Hall–Kier alpha value is -1.57. The minimum atomic E-state index is 0.0203. The van der Waals surface area contributed by atoms with Crippen molar-refractivity contribution < 1.29 is 4.42 Å². The fraction of sp³-hybridized carbons (Fsp3) is 0.308. The van der Waals surface area contributed by atoms with Crippen LogP contribution in [0, 0.1) is 0 Å². The molecule has 2 rings (SSSR count). The van der Waals surface area contributed by atoms with Crippen LogP contribution in [0.25, 0.3) is 11.0 Å². The van der Waals surface area contributed by atoms with E-state index < -0.39 is 0 Å². The van der Waals surface area contributed by atoms with Crippen molar-refractivity contribution >= 4 is 11.0 Å². The van der Waals surface area contributed by atoms with E-state index in [9.17, 15) is 4.79 Å². The van der Waals surface area contributed by atoms with E-state index in [1.165, 1.54) is 17.9 Å². The Morgan fingerprint density at radius 3 is 2.87 bits per heavy atom. The van der Waals surface area contributed by atoms with E-state index in [4.69, 9.17) is 4.42 Å². The second-order valence-corrected chi connectivity index (χ2v) is 3.85. The first-order chi connectivity index (χ1) is 7.22. The van der Waals surface area contributed by atoms with Crippen molar-refractivity contribution in [2.75, 3.05) is 0 Å². The van der Waals surface area contributed by atoms with Gasteiger partial charge >= 0.3 is 0 Å². The molecule has 0 aliphatic heterocycles. The van der Waals surface area contributed by atoms with Crippen molar-refractivity contribution in [2.24, 2.45) is 0 Å². The number of hydrogen-bond donors (Lipinski definition) is 0. The summed E-state index contributed by atoms with van der Waals surface area (Å²) < 4.78 is 5.33. The third-order valence-electron chi connectivity index (χ3n) is 2.87. The summed E-state index contributed by atoms with van der Waals surface area (Å²) in [5.41, 5.74) is 1.92. The van der Waals surface area contributed by atoms with E-state index in [1.54, 1.807) is 0 Å². The van der Waals surface area contributed by atoms with Crippen molar-refractivity contribution in [3.63, 3.8) is 0 Å². The number of hydrogen-bond acceptors (Lipinski definition) is 2. The highest BCUT2D eigenvalue weighted by Crippen LogP contribution is 2.21. The maximum atomic E-state index is 11.5. The van der Waals surface area contributed by atoms with Crippen LogP contribution < -0.4 is 5.43 Å². The van der Waals surface area contributed by atoms with Crippen LogP contribution in [0.4, 0.5) is 0 Å². The van der Waals surface area contributed by atoms with Crippen molar-refractivity contribution in [2.45, 2.75) is 26.2 Å². The van der Waals surface area contributed by atoms with Crippen molar-refractivity contribution in [3.8, 4) is 0 Å². The predicted molar refractivity (Wildman–Crippen MR) is 61.2 cm³/mol. The molecule has 0 aliphatic carbocycles. The lowest BCUT2D eigenvalue weighted by Gasteiger charge is -2.08.